The molecule has 0 saturated heterocycles. The summed E-state index contributed by atoms with van der Waals surface area (Å²) in [7, 11) is 2.03. The zero-order valence-electron chi connectivity index (χ0n) is 13.8. The molecule has 0 spiro atoms. The summed E-state index contributed by atoms with van der Waals surface area (Å²) in [5, 5.41) is 8.09. The maximum absolute atomic E-state index is 4.52. The molecule has 0 saturated carbocycles. The van der Waals surface area contributed by atoms with Crippen molar-refractivity contribution in [2.45, 2.75) is 52.6 Å². The Hall–Kier alpha value is -1.55. The van der Waals surface area contributed by atoms with Crippen LogP contribution < -0.4 is 5.32 Å². The summed E-state index contributed by atoms with van der Waals surface area (Å²) in [6.45, 7) is 8.45. The summed E-state index contributed by atoms with van der Waals surface area (Å²) in [5.41, 5.74) is 3.80. The summed E-state index contributed by atoms with van der Waals surface area (Å²) in [4.78, 5) is 0. The van der Waals surface area contributed by atoms with Crippen molar-refractivity contribution < 1.29 is 0 Å². The summed E-state index contributed by atoms with van der Waals surface area (Å²) in [6, 6.07) is 4.91. The second-order valence-electron chi connectivity index (χ2n) is 5.62. The van der Waals surface area contributed by atoms with Crippen molar-refractivity contribution in [2.24, 2.45) is 7.05 Å². The maximum Gasteiger partial charge on any atom is 0.0639 e. The number of aryl methyl sites for hydroxylation is 2. The van der Waals surface area contributed by atoms with E-state index in [1.807, 2.05) is 11.7 Å². The van der Waals surface area contributed by atoms with E-state index >= 15 is 0 Å². The molecular formula is C17H28N4. The summed E-state index contributed by atoms with van der Waals surface area (Å²) >= 11 is 0. The predicted molar refractivity (Wildman–Crippen MR) is 87.4 cm³/mol. The van der Waals surface area contributed by atoms with Crippen LogP contribution in [0, 0.1) is 0 Å². The van der Waals surface area contributed by atoms with Gasteiger partial charge in [0.25, 0.3) is 0 Å². The first-order chi connectivity index (χ1) is 10.2. The van der Waals surface area contributed by atoms with Gasteiger partial charge in [-0.25, -0.2) is 0 Å². The molecule has 1 atom stereocenters. The van der Waals surface area contributed by atoms with Crippen molar-refractivity contribution in [2.75, 3.05) is 6.54 Å². The Bertz CT molecular complexity index is 547. The lowest BCUT2D eigenvalue weighted by molar-refractivity contribution is 0.508. The maximum atomic E-state index is 4.52. The Labute approximate surface area is 128 Å². The third-order valence-electron chi connectivity index (χ3n) is 3.94. The molecule has 0 aliphatic heterocycles. The van der Waals surface area contributed by atoms with E-state index in [1.165, 1.54) is 24.1 Å². The second-order valence-corrected chi connectivity index (χ2v) is 5.62. The van der Waals surface area contributed by atoms with Crippen molar-refractivity contribution in [3.8, 4) is 0 Å². The lowest BCUT2D eigenvalue weighted by Crippen LogP contribution is -2.20. The molecule has 2 aromatic heterocycles. The Morgan fingerprint density at radius 2 is 2.10 bits per heavy atom. The van der Waals surface area contributed by atoms with Crippen LogP contribution in [0.2, 0.25) is 0 Å². The van der Waals surface area contributed by atoms with Crippen molar-refractivity contribution in [1.29, 1.82) is 0 Å². The van der Waals surface area contributed by atoms with E-state index in [2.05, 4.69) is 60.3 Å². The van der Waals surface area contributed by atoms with Gasteiger partial charge in [0.1, 0.15) is 0 Å². The average molecular weight is 288 g/mol. The van der Waals surface area contributed by atoms with Crippen LogP contribution in [0.3, 0.4) is 0 Å². The largest absolute Gasteiger partial charge is 0.348 e. The molecule has 4 nitrogen and oxygen atoms in total. The first-order valence-electron chi connectivity index (χ1n) is 8.08. The normalized spacial score (nSPS) is 12.8. The van der Waals surface area contributed by atoms with E-state index in [-0.39, 0.29) is 0 Å². The smallest absolute Gasteiger partial charge is 0.0639 e. The molecule has 0 aromatic carbocycles. The number of nitrogens with one attached hydrogen (secondary N) is 1. The van der Waals surface area contributed by atoms with E-state index in [0.29, 0.717) is 6.04 Å². The van der Waals surface area contributed by atoms with Crippen LogP contribution >= 0.6 is 0 Å². The lowest BCUT2D eigenvalue weighted by atomic mass is 10.1. The Morgan fingerprint density at radius 1 is 1.29 bits per heavy atom. The Morgan fingerprint density at radius 3 is 2.71 bits per heavy atom. The highest BCUT2D eigenvalue weighted by atomic mass is 15.3. The van der Waals surface area contributed by atoms with Crippen molar-refractivity contribution in [1.82, 2.24) is 19.7 Å². The van der Waals surface area contributed by atoms with Gasteiger partial charge >= 0.3 is 0 Å². The average Bonchev–Trinajstić information content (AvgIpc) is 3.07. The number of hydrogen-bond acceptors (Lipinski definition) is 2. The van der Waals surface area contributed by atoms with Gasteiger partial charge in [-0.15, -0.1) is 0 Å². The van der Waals surface area contributed by atoms with Crippen LogP contribution in [0.25, 0.3) is 0 Å². The predicted octanol–water partition coefficient (Wildman–Crippen LogP) is 3.28. The summed E-state index contributed by atoms with van der Waals surface area (Å²) < 4.78 is 4.25. The Balaban J connectivity index is 2.09. The quantitative estimate of drug-likeness (QED) is 0.809. The minimum Gasteiger partial charge on any atom is -0.348 e. The molecule has 21 heavy (non-hydrogen) atoms. The topological polar surface area (TPSA) is 34.8 Å². The standard InChI is InChI=1S/C17H28N4/c1-5-8-17(18-7-3)14-9-10-21(12-14)13-16-11-15(6-2)19-20(16)4/h9-12,17-18H,5-8,13H2,1-4H3. The van der Waals surface area contributed by atoms with Crippen LogP contribution in [0.4, 0.5) is 0 Å². The molecule has 1 unspecified atom stereocenters. The van der Waals surface area contributed by atoms with E-state index in [1.54, 1.807) is 0 Å². The van der Waals surface area contributed by atoms with Gasteiger partial charge in [-0.1, -0.05) is 27.2 Å². The zero-order chi connectivity index (χ0) is 15.2. The molecule has 2 heterocycles. The molecule has 0 bridgehead atoms. The molecule has 0 aliphatic rings. The molecule has 0 aliphatic carbocycles. The Kier molecular flexibility index (Phi) is 5.62. The van der Waals surface area contributed by atoms with Crippen LogP contribution in [0.1, 0.15) is 56.6 Å². The van der Waals surface area contributed by atoms with Crippen molar-refractivity contribution >= 4 is 0 Å². The van der Waals surface area contributed by atoms with E-state index < -0.39 is 0 Å². The van der Waals surface area contributed by atoms with Crippen molar-refractivity contribution in [3.63, 3.8) is 0 Å². The SMILES string of the molecule is CCCC(NCC)c1ccn(Cc2cc(CC)nn2C)c1. The van der Waals surface area contributed by atoms with Crippen LogP contribution in [-0.2, 0) is 20.0 Å². The summed E-state index contributed by atoms with van der Waals surface area (Å²) in [6.07, 6.45) is 7.81. The van der Waals surface area contributed by atoms with E-state index in [4.69, 9.17) is 0 Å². The highest BCUT2D eigenvalue weighted by Crippen LogP contribution is 2.19. The third-order valence-corrected chi connectivity index (χ3v) is 3.94. The molecule has 4 heteroatoms. The van der Waals surface area contributed by atoms with Gasteiger partial charge in [-0.3, -0.25) is 4.68 Å². The van der Waals surface area contributed by atoms with Crippen LogP contribution in [0.5, 0.6) is 0 Å². The number of nitrogens with zero attached hydrogens (tertiary/aromatic N) is 3. The molecule has 0 fully saturated rings. The molecule has 0 amide bonds. The lowest BCUT2D eigenvalue weighted by Gasteiger charge is -2.15. The number of hydrogen-bond donors (Lipinski definition) is 1. The van der Waals surface area contributed by atoms with Crippen LogP contribution in [0.15, 0.2) is 24.5 Å². The molecule has 2 rings (SSSR count). The third kappa shape index (κ3) is 3.97. The molecule has 0 radical (unpaired) electrons. The first kappa shape index (κ1) is 15.8. The fourth-order valence-corrected chi connectivity index (χ4v) is 2.76. The van der Waals surface area contributed by atoms with Crippen LogP contribution in [-0.4, -0.2) is 20.9 Å². The molecule has 116 valence electrons. The molecule has 1 N–H and O–H groups in total. The fraction of sp³-hybridized carbons (Fsp3) is 0.588. The molecular weight excluding hydrogens is 260 g/mol. The number of aromatic nitrogens is 3. The van der Waals surface area contributed by atoms with E-state index in [0.717, 1.165) is 25.2 Å². The van der Waals surface area contributed by atoms with Crippen molar-refractivity contribution in [3.05, 3.63) is 41.5 Å². The highest BCUT2D eigenvalue weighted by molar-refractivity contribution is 5.18. The van der Waals surface area contributed by atoms with Gasteiger partial charge in [0.15, 0.2) is 0 Å². The summed E-state index contributed by atoms with van der Waals surface area (Å²) in [5.74, 6) is 0. The minimum absolute atomic E-state index is 0.471. The van der Waals surface area contributed by atoms with Gasteiger partial charge < -0.3 is 9.88 Å². The number of rotatable bonds is 8. The van der Waals surface area contributed by atoms with Gasteiger partial charge in [-0.05, 0) is 37.1 Å². The zero-order valence-corrected chi connectivity index (χ0v) is 13.8. The van der Waals surface area contributed by atoms with Gasteiger partial charge in [-0.2, -0.15) is 5.10 Å². The van der Waals surface area contributed by atoms with Gasteiger partial charge in [0.05, 0.1) is 17.9 Å². The fourth-order valence-electron chi connectivity index (χ4n) is 2.76. The van der Waals surface area contributed by atoms with E-state index in [9.17, 15) is 0 Å². The first-order valence-corrected chi connectivity index (χ1v) is 8.08. The van der Waals surface area contributed by atoms with Gasteiger partial charge in [0, 0.05) is 25.5 Å². The minimum atomic E-state index is 0.471. The van der Waals surface area contributed by atoms with Gasteiger partial charge in [0.2, 0.25) is 0 Å². The highest BCUT2D eigenvalue weighted by Gasteiger charge is 2.11. The molecule has 2 aromatic rings. The monoisotopic (exact) mass is 288 g/mol. The second kappa shape index (κ2) is 7.46.